The fourth-order valence-electron chi connectivity index (χ4n) is 3.32. The molecule has 3 nitrogen and oxygen atoms in total. The van der Waals surface area contributed by atoms with Crippen molar-refractivity contribution in [1.82, 2.24) is 10.2 Å². The van der Waals surface area contributed by atoms with Gasteiger partial charge in [0.25, 0.3) is 0 Å². The minimum atomic E-state index is 0.230. The number of benzene rings is 1. The lowest BCUT2D eigenvalue weighted by atomic mass is 9.95. The summed E-state index contributed by atoms with van der Waals surface area (Å²) in [4.78, 5) is 2.47. The molecule has 0 aromatic heterocycles. The highest BCUT2D eigenvalue weighted by Crippen LogP contribution is 2.28. The van der Waals surface area contributed by atoms with Crippen molar-refractivity contribution in [2.45, 2.75) is 45.2 Å². The Bertz CT molecular complexity index is 387. The Hall–Kier alpha value is -0.900. The molecule has 3 heteroatoms. The highest BCUT2D eigenvalue weighted by Gasteiger charge is 2.25. The molecule has 1 aliphatic rings. The van der Waals surface area contributed by atoms with Crippen LogP contribution in [0.3, 0.4) is 0 Å². The Morgan fingerprint density at radius 2 is 2.05 bits per heavy atom. The van der Waals surface area contributed by atoms with Gasteiger partial charge in [0.15, 0.2) is 0 Å². The molecule has 0 saturated carbocycles. The molecule has 1 heterocycles. The number of nitrogens with one attached hydrogen (secondary N) is 1. The molecule has 0 bridgehead atoms. The van der Waals surface area contributed by atoms with E-state index in [1.165, 1.54) is 18.4 Å². The highest BCUT2D eigenvalue weighted by atomic mass is 16.3. The molecule has 21 heavy (non-hydrogen) atoms. The summed E-state index contributed by atoms with van der Waals surface area (Å²) >= 11 is 0. The van der Waals surface area contributed by atoms with Gasteiger partial charge in [-0.2, -0.15) is 0 Å². The molecule has 1 aromatic carbocycles. The minimum absolute atomic E-state index is 0.230. The van der Waals surface area contributed by atoms with Crippen LogP contribution in [0.1, 0.15) is 44.7 Å². The van der Waals surface area contributed by atoms with Gasteiger partial charge in [-0.25, -0.2) is 0 Å². The Morgan fingerprint density at radius 3 is 2.62 bits per heavy atom. The van der Waals surface area contributed by atoms with E-state index < -0.39 is 0 Å². The lowest BCUT2D eigenvalue weighted by Crippen LogP contribution is -2.41. The Labute approximate surface area is 129 Å². The van der Waals surface area contributed by atoms with Gasteiger partial charge in [-0.15, -0.1) is 0 Å². The fourth-order valence-corrected chi connectivity index (χ4v) is 3.32. The first kappa shape index (κ1) is 16.5. The summed E-state index contributed by atoms with van der Waals surface area (Å²) in [5.41, 5.74) is 1.37. The summed E-state index contributed by atoms with van der Waals surface area (Å²) < 4.78 is 0. The lowest BCUT2D eigenvalue weighted by molar-refractivity contribution is 0.125. The first-order chi connectivity index (χ1) is 10.2. The second-order valence-electron chi connectivity index (χ2n) is 6.57. The second-order valence-corrected chi connectivity index (χ2v) is 6.57. The van der Waals surface area contributed by atoms with Crippen molar-refractivity contribution in [2.24, 2.45) is 5.92 Å². The molecule has 0 spiro atoms. The van der Waals surface area contributed by atoms with E-state index in [9.17, 15) is 5.11 Å². The van der Waals surface area contributed by atoms with Crippen molar-refractivity contribution in [3.8, 4) is 0 Å². The van der Waals surface area contributed by atoms with Gasteiger partial charge >= 0.3 is 0 Å². The number of aliphatic hydroxyl groups is 1. The molecule has 2 atom stereocenters. The summed E-state index contributed by atoms with van der Waals surface area (Å²) in [7, 11) is 0. The van der Waals surface area contributed by atoms with Gasteiger partial charge < -0.3 is 10.4 Å². The van der Waals surface area contributed by atoms with Crippen LogP contribution < -0.4 is 5.32 Å². The predicted octanol–water partition coefficient (Wildman–Crippen LogP) is 2.82. The molecule has 0 aliphatic carbocycles. The molecule has 2 N–H and O–H groups in total. The Balaban J connectivity index is 2.13. The van der Waals surface area contributed by atoms with Crippen molar-refractivity contribution < 1.29 is 5.11 Å². The third-order valence-corrected chi connectivity index (χ3v) is 4.32. The van der Waals surface area contributed by atoms with Gasteiger partial charge in [-0.1, -0.05) is 44.2 Å². The predicted molar refractivity (Wildman–Crippen MR) is 88.3 cm³/mol. The zero-order valence-electron chi connectivity index (χ0n) is 13.5. The van der Waals surface area contributed by atoms with Crippen molar-refractivity contribution in [3.63, 3.8) is 0 Å². The summed E-state index contributed by atoms with van der Waals surface area (Å²) in [5, 5.41) is 13.1. The van der Waals surface area contributed by atoms with Gasteiger partial charge in [-0.05, 0) is 37.3 Å². The van der Waals surface area contributed by atoms with Crippen LogP contribution in [-0.4, -0.2) is 42.3 Å². The molecule has 0 amide bonds. The maximum Gasteiger partial charge on any atom is 0.0558 e. The van der Waals surface area contributed by atoms with Crippen molar-refractivity contribution in [3.05, 3.63) is 35.9 Å². The van der Waals surface area contributed by atoms with Crippen LogP contribution in [-0.2, 0) is 0 Å². The Morgan fingerprint density at radius 1 is 1.29 bits per heavy atom. The molecular weight excluding hydrogens is 260 g/mol. The largest absolute Gasteiger partial charge is 0.395 e. The molecule has 2 rings (SSSR count). The zero-order chi connectivity index (χ0) is 15.1. The second kappa shape index (κ2) is 8.52. The highest BCUT2D eigenvalue weighted by molar-refractivity contribution is 5.19. The van der Waals surface area contributed by atoms with Gasteiger partial charge in [0.05, 0.1) is 6.61 Å². The lowest BCUT2D eigenvalue weighted by Gasteiger charge is -2.34. The van der Waals surface area contributed by atoms with Crippen LogP contribution in [0.4, 0.5) is 0 Å². The molecule has 1 saturated heterocycles. The average Bonchev–Trinajstić information content (AvgIpc) is 2.98. The maximum absolute atomic E-state index is 9.48. The summed E-state index contributed by atoms with van der Waals surface area (Å²) in [6.45, 7) is 7.71. The number of aliphatic hydroxyl groups excluding tert-OH is 1. The molecule has 118 valence electrons. The van der Waals surface area contributed by atoms with E-state index in [0.717, 1.165) is 26.1 Å². The van der Waals surface area contributed by atoms with Crippen molar-refractivity contribution >= 4 is 0 Å². The van der Waals surface area contributed by atoms with Crippen LogP contribution in [0.15, 0.2) is 30.3 Å². The van der Waals surface area contributed by atoms with E-state index in [4.69, 9.17) is 0 Å². The van der Waals surface area contributed by atoms with Gasteiger partial charge in [0.2, 0.25) is 0 Å². The van der Waals surface area contributed by atoms with E-state index in [-0.39, 0.29) is 6.61 Å². The molecular formula is C18H30N2O. The third kappa shape index (κ3) is 5.10. The monoisotopic (exact) mass is 290 g/mol. The van der Waals surface area contributed by atoms with Gasteiger partial charge in [0.1, 0.15) is 0 Å². The Kier molecular flexibility index (Phi) is 6.68. The summed E-state index contributed by atoms with van der Waals surface area (Å²) in [6.07, 6.45) is 3.67. The quantitative estimate of drug-likeness (QED) is 0.773. The molecule has 1 fully saturated rings. The van der Waals surface area contributed by atoms with E-state index in [1.807, 2.05) is 0 Å². The molecule has 1 aromatic rings. The molecule has 1 aliphatic heterocycles. The van der Waals surface area contributed by atoms with Gasteiger partial charge in [0, 0.05) is 25.2 Å². The van der Waals surface area contributed by atoms with Crippen molar-refractivity contribution in [1.29, 1.82) is 0 Å². The molecule has 2 unspecified atom stereocenters. The fraction of sp³-hybridized carbons (Fsp3) is 0.667. The van der Waals surface area contributed by atoms with Crippen LogP contribution in [0.5, 0.6) is 0 Å². The number of hydrogen-bond acceptors (Lipinski definition) is 3. The van der Waals surface area contributed by atoms with Crippen LogP contribution in [0, 0.1) is 5.92 Å². The minimum Gasteiger partial charge on any atom is -0.395 e. The summed E-state index contributed by atoms with van der Waals surface area (Å²) in [5.74, 6) is 0.646. The number of nitrogens with zero attached hydrogens (tertiary/aromatic N) is 1. The number of rotatable bonds is 8. The normalized spacial score (nSPS) is 20.3. The van der Waals surface area contributed by atoms with Gasteiger partial charge in [-0.3, -0.25) is 4.90 Å². The van der Waals surface area contributed by atoms with Crippen LogP contribution in [0.2, 0.25) is 0 Å². The topological polar surface area (TPSA) is 35.5 Å². The maximum atomic E-state index is 9.48. The van der Waals surface area contributed by atoms with E-state index in [2.05, 4.69) is 54.4 Å². The van der Waals surface area contributed by atoms with E-state index in [1.54, 1.807) is 0 Å². The van der Waals surface area contributed by atoms with E-state index in [0.29, 0.717) is 18.0 Å². The standard InChI is InChI=1S/C18H30N2O/c1-15(2)13-18(16-7-4-3-5-8-16)20(11-12-21)14-17-9-6-10-19-17/h3-5,7-8,15,17-19,21H,6,9-14H2,1-2H3. The van der Waals surface area contributed by atoms with Crippen LogP contribution >= 0.6 is 0 Å². The average molecular weight is 290 g/mol. The first-order valence-electron chi connectivity index (χ1n) is 8.34. The van der Waals surface area contributed by atoms with E-state index >= 15 is 0 Å². The SMILES string of the molecule is CC(C)CC(c1ccccc1)N(CCO)CC1CCCN1. The third-order valence-electron chi connectivity index (χ3n) is 4.32. The smallest absolute Gasteiger partial charge is 0.0558 e. The number of hydrogen-bond donors (Lipinski definition) is 2. The summed E-state index contributed by atoms with van der Waals surface area (Å²) in [6, 6.07) is 11.7. The first-order valence-corrected chi connectivity index (χ1v) is 8.34. The molecule has 0 radical (unpaired) electrons. The van der Waals surface area contributed by atoms with Crippen LogP contribution in [0.25, 0.3) is 0 Å². The zero-order valence-corrected chi connectivity index (χ0v) is 13.5. The van der Waals surface area contributed by atoms with Crippen molar-refractivity contribution in [2.75, 3.05) is 26.2 Å².